The van der Waals surface area contributed by atoms with Gasteiger partial charge in [-0.25, -0.2) is 4.99 Å². The Morgan fingerprint density at radius 1 is 1.32 bits per heavy atom. The Morgan fingerprint density at radius 3 is 2.64 bits per heavy atom. The average Bonchev–Trinajstić information content (AvgIpc) is 2.88. The van der Waals surface area contributed by atoms with Crippen molar-refractivity contribution in [3.8, 4) is 0 Å². The third-order valence-corrected chi connectivity index (χ3v) is 4.06. The summed E-state index contributed by atoms with van der Waals surface area (Å²) in [5.74, 6) is 3.43. The standard InChI is InChI=1S/C17H34N6O2/c1-13(2)10-15(6-8-24)11-19-17(18-7-9-25-5)20-12-16-22-21-14(3)23(16)4/h13,15,24H,6-12H2,1-5H3,(H2,18,19,20). The summed E-state index contributed by atoms with van der Waals surface area (Å²) in [6, 6.07) is 0. The molecule has 0 saturated carbocycles. The second-order valence-electron chi connectivity index (χ2n) is 6.70. The molecule has 0 amide bonds. The second kappa shape index (κ2) is 11.8. The third-order valence-electron chi connectivity index (χ3n) is 4.06. The van der Waals surface area contributed by atoms with Crippen molar-refractivity contribution in [3.63, 3.8) is 0 Å². The van der Waals surface area contributed by atoms with E-state index in [4.69, 9.17) is 4.74 Å². The lowest BCUT2D eigenvalue weighted by molar-refractivity contribution is 0.203. The maximum atomic E-state index is 9.26. The number of guanidine groups is 1. The smallest absolute Gasteiger partial charge is 0.191 e. The molecule has 1 rings (SSSR count). The zero-order valence-electron chi connectivity index (χ0n) is 16.2. The molecule has 0 saturated heterocycles. The number of hydrogen-bond donors (Lipinski definition) is 3. The molecule has 1 aromatic heterocycles. The van der Waals surface area contributed by atoms with Gasteiger partial charge in [-0.05, 0) is 31.6 Å². The molecule has 144 valence electrons. The number of methoxy groups -OCH3 is 1. The van der Waals surface area contributed by atoms with Gasteiger partial charge in [-0.2, -0.15) is 0 Å². The van der Waals surface area contributed by atoms with Crippen molar-refractivity contribution in [2.75, 3.05) is 33.4 Å². The van der Waals surface area contributed by atoms with Gasteiger partial charge in [0.15, 0.2) is 11.8 Å². The van der Waals surface area contributed by atoms with Gasteiger partial charge in [-0.1, -0.05) is 13.8 Å². The summed E-state index contributed by atoms with van der Waals surface area (Å²) in [5, 5.41) is 24.1. The SMILES string of the molecule is COCCNC(=NCc1nnc(C)n1C)NCC(CCO)CC(C)C. The molecule has 8 heteroatoms. The molecule has 1 heterocycles. The maximum Gasteiger partial charge on any atom is 0.191 e. The molecule has 1 atom stereocenters. The molecule has 0 aliphatic rings. The van der Waals surface area contributed by atoms with Gasteiger partial charge >= 0.3 is 0 Å². The highest BCUT2D eigenvalue weighted by atomic mass is 16.5. The van der Waals surface area contributed by atoms with E-state index in [1.807, 2.05) is 18.5 Å². The van der Waals surface area contributed by atoms with Gasteiger partial charge in [0.1, 0.15) is 12.4 Å². The Labute approximate surface area is 151 Å². The zero-order chi connectivity index (χ0) is 18.7. The number of hydrogen-bond acceptors (Lipinski definition) is 5. The fourth-order valence-corrected chi connectivity index (χ4v) is 2.58. The molecule has 0 radical (unpaired) electrons. The van der Waals surface area contributed by atoms with E-state index in [0.29, 0.717) is 31.5 Å². The molecule has 0 aliphatic heterocycles. The van der Waals surface area contributed by atoms with Crippen molar-refractivity contribution in [2.45, 2.75) is 40.2 Å². The minimum absolute atomic E-state index is 0.209. The van der Waals surface area contributed by atoms with Gasteiger partial charge in [-0.15, -0.1) is 10.2 Å². The quantitative estimate of drug-likeness (QED) is 0.310. The molecule has 1 unspecified atom stereocenters. The van der Waals surface area contributed by atoms with E-state index in [0.717, 1.165) is 37.0 Å². The van der Waals surface area contributed by atoms with Crippen molar-refractivity contribution in [1.82, 2.24) is 25.4 Å². The lowest BCUT2D eigenvalue weighted by atomic mass is 9.94. The van der Waals surface area contributed by atoms with Gasteiger partial charge in [-0.3, -0.25) is 0 Å². The first kappa shape index (κ1) is 21.4. The first-order valence-electron chi connectivity index (χ1n) is 8.94. The molecular weight excluding hydrogens is 320 g/mol. The molecule has 0 fully saturated rings. The van der Waals surface area contributed by atoms with Crippen LogP contribution in [0.2, 0.25) is 0 Å². The number of ether oxygens (including phenoxy) is 1. The van der Waals surface area contributed by atoms with Gasteiger partial charge < -0.3 is 25.0 Å². The highest BCUT2D eigenvalue weighted by Gasteiger charge is 2.12. The zero-order valence-corrected chi connectivity index (χ0v) is 16.2. The number of aromatic nitrogens is 3. The molecule has 8 nitrogen and oxygen atoms in total. The topological polar surface area (TPSA) is 96.6 Å². The number of nitrogens with one attached hydrogen (secondary N) is 2. The van der Waals surface area contributed by atoms with Crippen molar-refractivity contribution < 1.29 is 9.84 Å². The van der Waals surface area contributed by atoms with Crippen LogP contribution in [0, 0.1) is 18.8 Å². The normalized spacial score (nSPS) is 13.3. The van der Waals surface area contributed by atoms with E-state index >= 15 is 0 Å². The Balaban J connectivity index is 2.67. The highest BCUT2D eigenvalue weighted by molar-refractivity contribution is 5.79. The van der Waals surface area contributed by atoms with Gasteiger partial charge in [0.05, 0.1) is 6.61 Å². The van der Waals surface area contributed by atoms with Crippen LogP contribution in [-0.4, -0.2) is 59.2 Å². The fourth-order valence-electron chi connectivity index (χ4n) is 2.58. The van der Waals surface area contributed by atoms with E-state index in [-0.39, 0.29) is 6.61 Å². The molecule has 1 aromatic rings. The van der Waals surface area contributed by atoms with Crippen molar-refractivity contribution in [2.24, 2.45) is 23.9 Å². The summed E-state index contributed by atoms with van der Waals surface area (Å²) in [7, 11) is 3.61. The van der Waals surface area contributed by atoms with Crippen molar-refractivity contribution >= 4 is 5.96 Å². The molecule has 0 spiro atoms. The average molecular weight is 354 g/mol. The van der Waals surface area contributed by atoms with E-state index in [9.17, 15) is 5.11 Å². The highest BCUT2D eigenvalue weighted by Crippen LogP contribution is 2.14. The fraction of sp³-hybridized carbons (Fsp3) is 0.824. The van der Waals surface area contributed by atoms with E-state index in [2.05, 4.69) is 39.7 Å². The summed E-state index contributed by atoms with van der Waals surface area (Å²) < 4.78 is 7.02. The number of rotatable bonds is 11. The molecule has 25 heavy (non-hydrogen) atoms. The van der Waals surface area contributed by atoms with Crippen LogP contribution in [0.25, 0.3) is 0 Å². The number of aliphatic imine (C=N–C) groups is 1. The lowest BCUT2D eigenvalue weighted by Gasteiger charge is -2.20. The van der Waals surface area contributed by atoms with Crippen LogP contribution >= 0.6 is 0 Å². The van der Waals surface area contributed by atoms with Crippen LogP contribution in [-0.2, 0) is 18.3 Å². The Morgan fingerprint density at radius 2 is 2.08 bits per heavy atom. The largest absolute Gasteiger partial charge is 0.396 e. The number of aryl methyl sites for hydroxylation is 1. The Hall–Kier alpha value is -1.67. The third kappa shape index (κ3) is 8.31. The number of nitrogens with zero attached hydrogens (tertiary/aromatic N) is 4. The summed E-state index contributed by atoms with van der Waals surface area (Å²) in [6.45, 7) is 9.04. The van der Waals surface area contributed by atoms with Gasteiger partial charge in [0.2, 0.25) is 0 Å². The summed E-state index contributed by atoms with van der Waals surface area (Å²) in [5.41, 5.74) is 0. The molecule has 0 aliphatic carbocycles. The summed E-state index contributed by atoms with van der Waals surface area (Å²) in [4.78, 5) is 4.60. The van der Waals surface area contributed by atoms with E-state index < -0.39 is 0 Å². The van der Waals surface area contributed by atoms with Gasteiger partial charge in [0, 0.05) is 33.9 Å². The summed E-state index contributed by atoms with van der Waals surface area (Å²) >= 11 is 0. The van der Waals surface area contributed by atoms with Gasteiger partial charge in [0.25, 0.3) is 0 Å². The van der Waals surface area contributed by atoms with E-state index in [1.165, 1.54) is 0 Å². The van der Waals surface area contributed by atoms with E-state index in [1.54, 1.807) is 7.11 Å². The molecule has 0 bridgehead atoms. The molecular formula is C17H34N6O2. The summed E-state index contributed by atoms with van der Waals surface area (Å²) in [6.07, 6.45) is 1.86. The second-order valence-corrected chi connectivity index (χ2v) is 6.70. The maximum absolute atomic E-state index is 9.26. The number of aliphatic hydroxyl groups is 1. The number of aliphatic hydroxyl groups excluding tert-OH is 1. The van der Waals surface area contributed by atoms with Crippen molar-refractivity contribution in [3.05, 3.63) is 11.6 Å². The van der Waals surface area contributed by atoms with Crippen LogP contribution in [0.15, 0.2) is 4.99 Å². The Bertz CT molecular complexity index is 515. The monoisotopic (exact) mass is 354 g/mol. The predicted octanol–water partition coefficient (Wildman–Crippen LogP) is 0.850. The van der Waals surface area contributed by atoms with Crippen LogP contribution in [0.5, 0.6) is 0 Å². The molecule has 0 aromatic carbocycles. The van der Waals surface area contributed by atoms with Crippen LogP contribution < -0.4 is 10.6 Å². The predicted molar refractivity (Wildman–Crippen MR) is 99.4 cm³/mol. The van der Waals surface area contributed by atoms with Crippen LogP contribution in [0.1, 0.15) is 38.3 Å². The first-order valence-corrected chi connectivity index (χ1v) is 8.94. The lowest BCUT2D eigenvalue weighted by Crippen LogP contribution is -2.41. The minimum atomic E-state index is 0.209. The van der Waals surface area contributed by atoms with Crippen LogP contribution in [0.4, 0.5) is 0 Å². The van der Waals surface area contributed by atoms with Crippen LogP contribution in [0.3, 0.4) is 0 Å². The first-order chi connectivity index (χ1) is 12.0. The van der Waals surface area contributed by atoms with Crippen molar-refractivity contribution in [1.29, 1.82) is 0 Å². The minimum Gasteiger partial charge on any atom is -0.396 e. The Kier molecular flexibility index (Phi) is 10.1. The molecule has 3 N–H and O–H groups in total.